The van der Waals surface area contributed by atoms with Crippen LogP contribution in [-0.2, 0) is 65.4 Å². The van der Waals surface area contributed by atoms with Crippen LogP contribution in [0.15, 0.2) is 0 Å². The number of carbonyl (C=O) groups excluding carboxylic acids is 4. The van der Waals surface area contributed by atoms with Gasteiger partial charge in [0.25, 0.3) is 0 Å². The summed E-state index contributed by atoms with van der Waals surface area (Å²) in [5, 5.41) is 10.6. The van der Waals surface area contributed by atoms with Crippen LogP contribution in [0.2, 0.25) is 0 Å². The van der Waals surface area contributed by atoms with E-state index in [1.807, 2.05) is 0 Å². The second-order valence-electron chi connectivity index (χ2n) is 29.9. The predicted octanol–water partition coefficient (Wildman–Crippen LogP) is 23.4. The van der Waals surface area contributed by atoms with Crippen molar-refractivity contribution in [1.29, 1.82) is 0 Å². The molecule has 0 aromatic carbocycles. The van der Waals surface area contributed by atoms with Gasteiger partial charge in [0.1, 0.15) is 19.3 Å². The molecule has 5 atom stereocenters. The topological polar surface area (TPSA) is 237 Å². The van der Waals surface area contributed by atoms with Gasteiger partial charge in [0.05, 0.1) is 26.4 Å². The van der Waals surface area contributed by atoms with E-state index < -0.39 is 97.5 Å². The van der Waals surface area contributed by atoms with Gasteiger partial charge in [-0.3, -0.25) is 37.3 Å². The van der Waals surface area contributed by atoms with Gasteiger partial charge in [0.2, 0.25) is 0 Å². The molecule has 0 rings (SSSR count). The van der Waals surface area contributed by atoms with Gasteiger partial charge in [-0.05, 0) is 43.4 Å². The number of hydrogen-bond donors (Lipinski definition) is 3. The number of phosphoric acid groups is 2. The number of unbranched alkanes of at least 4 members (excludes halogenated alkanes) is 45. The van der Waals surface area contributed by atoms with Crippen LogP contribution in [0.25, 0.3) is 0 Å². The average molecular weight is 1440 g/mol. The molecule has 0 aliphatic carbocycles. The third-order valence-electron chi connectivity index (χ3n) is 18.4. The van der Waals surface area contributed by atoms with Crippen molar-refractivity contribution in [2.75, 3.05) is 39.6 Å². The lowest BCUT2D eigenvalue weighted by atomic mass is 10.0. The summed E-state index contributed by atoms with van der Waals surface area (Å²) in [6.07, 6.45) is 57.1. The number of rotatable bonds is 77. The van der Waals surface area contributed by atoms with Crippen molar-refractivity contribution in [2.24, 2.45) is 17.8 Å². The van der Waals surface area contributed by atoms with Crippen LogP contribution in [-0.4, -0.2) is 96.7 Å². The Labute approximate surface area is 600 Å². The van der Waals surface area contributed by atoms with Crippen molar-refractivity contribution >= 4 is 39.5 Å². The molecule has 0 saturated heterocycles. The average Bonchev–Trinajstić information content (AvgIpc) is 0.970. The number of ether oxygens (including phenoxy) is 4. The van der Waals surface area contributed by atoms with Crippen molar-refractivity contribution in [1.82, 2.24) is 0 Å². The van der Waals surface area contributed by atoms with Gasteiger partial charge in [0, 0.05) is 25.7 Å². The molecule has 98 heavy (non-hydrogen) atoms. The second-order valence-corrected chi connectivity index (χ2v) is 32.8. The number of phosphoric ester groups is 2. The molecule has 0 radical (unpaired) electrons. The molecule has 0 bridgehead atoms. The summed E-state index contributed by atoms with van der Waals surface area (Å²) in [7, 11) is -9.91. The molecular formula is C79H154O17P2. The van der Waals surface area contributed by atoms with Gasteiger partial charge in [-0.15, -0.1) is 0 Å². The lowest BCUT2D eigenvalue weighted by Gasteiger charge is -2.21. The van der Waals surface area contributed by atoms with Gasteiger partial charge in [0.15, 0.2) is 12.2 Å². The van der Waals surface area contributed by atoms with E-state index in [4.69, 9.17) is 37.0 Å². The van der Waals surface area contributed by atoms with Crippen LogP contribution in [0.5, 0.6) is 0 Å². The molecule has 0 spiro atoms. The van der Waals surface area contributed by atoms with Crippen LogP contribution in [0.1, 0.15) is 408 Å². The Morgan fingerprint density at radius 2 is 0.469 bits per heavy atom. The smallest absolute Gasteiger partial charge is 0.462 e. The maximum atomic E-state index is 13.1. The van der Waals surface area contributed by atoms with E-state index in [-0.39, 0.29) is 25.7 Å². The summed E-state index contributed by atoms with van der Waals surface area (Å²) in [5.74, 6) is 0.183. The molecule has 19 heteroatoms. The van der Waals surface area contributed by atoms with Crippen molar-refractivity contribution in [3.8, 4) is 0 Å². The summed E-state index contributed by atoms with van der Waals surface area (Å²) in [4.78, 5) is 72.8. The molecule has 0 aromatic heterocycles. The van der Waals surface area contributed by atoms with E-state index in [0.717, 1.165) is 108 Å². The van der Waals surface area contributed by atoms with Gasteiger partial charge in [-0.25, -0.2) is 9.13 Å². The first-order chi connectivity index (χ1) is 47.2. The summed E-state index contributed by atoms with van der Waals surface area (Å²) in [6.45, 7) is 11.9. The minimum Gasteiger partial charge on any atom is -0.462 e. The third kappa shape index (κ3) is 72.4. The molecule has 0 aliphatic heterocycles. The van der Waals surface area contributed by atoms with Crippen LogP contribution in [0.4, 0.5) is 0 Å². The Bertz CT molecular complexity index is 1900. The Hall–Kier alpha value is -1.94. The molecule has 0 aliphatic rings. The van der Waals surface area contributed by atoms with Crippen LogP contribution in [0, 0.1) is 17.8 Å². The highest BCUT2D eigenvalue weighted by Gasteiger charge is 2.30. The number of hydrogen-bond acceptors (Lipinski definition) is 15. The van der Waals surface area contributed by atoms with E-state index in [2.05, 4.69) is 48.5 Å². The summed E-state index contributed by atoms with van der Waals surface area (Å²) >= 11 is 0. The first kappa shape index (κ1) is 96.1. The number of esters is 4. The highest BCUT2D eigenvalue weighted by molar-refractivity contribution is 7.47. The Balaban J connectivity index is 5.20. The predicted molar refractivity (Wildman–Crippen MR) is 400 cm³/mol. The molecule has 0 aromatic rings. The third-order valence-corrected chi connectivity index (χ3v) is 20.3. The van der Waals surface area contributed by atoms with Crippen molar-refractivity contribution in [3.05, 3.63) is 0 Å². The summed E-state index contributed by atoms with van der Waals surface area (Å²) in [6, 6.07) is 0. The fraction of sp³-hybridized carbons (Fsp3) is 0.949. The summed E-state index contributed by atoms with van der Waals surface area (Å²) in [5.41, 5.74) is 0. The minimum absolute atomic E-state index is 0.106. The zero-order valence-electron chi connectivity index (χ0n) is 64.3. The maximum absolute atomic E-state index is 13.1. The second kappa shape index (κ2) is 69.4. The Morgan fingerprint density at radius 3 is 0.694 bits per heavy atom. The molecule has 0 heterocycles. The van der Waals surface area contributed by atoms with E-state index in [1.165, 1.54) is 212 Å². The highest BCUT2D eigenvalue weighted by atomic mass is 31.2. The zero-order valence-corrected chi connectivity index (χ0v) is 66.0. The molecule has 17 nitrogen and oxygen atoms in total. The zero-order chi connectivity index (χ0) is 72.3. The number of aliphatic hydroxyl groups excluding tert-OH is 1. The lowest BCUT2D eigenvalue weighted by molar-refractivity contribution is -0.161. The van der Waals surface area contributed by atoms with E-state index in [9.17, 15) is 43.2 Å². The van der Waals surface area contributed by atoms with Gasteiger partial charge < -0.3 is 33.8 Å². The van der Waals surface area contributed by atoms with E-state index >= 15 is 0 Å². The van der Waals surface area contributed by atoms with E-state index in [0.29, 0.717) is 31.6 Å². The first-order valence-electron chi connectivity index (χ1n) is 40.8. The molecule has 0 saturated carbocycles. The summed E-state index contributed by atoms with van der Waals surface area (Å²) < 4.78 is 68.6. The van der Waals surface area contributed by atoms with Crippen molar-refractivity contribution in [2.45, 2.75) is 426 Å². The van der Waals surface area contributed by atoms with Gasteiger partial charge in [-0.2, -0.15) is 0 Å². The fourth-order valence-corrected chi connectivity index (χ4v) is 13.7. The normalized spacial score (nSPS) is 14.0. The fourth-order valence-electron chi connectivity index (χ4n) is 12.1. The molecule has 2 unspecified atom stereocenters. The Kier molecular flexibility index (Phi) is 68.1. The number of carbonyl (C=O) groups is 4. The molecule has 3 N–H and O–H groups in total. The van der Waals surface area contributed by atoms with Gasteiger partial charge >= 0.3 is 39.5 Å². The standard InChI is InChI=1S/C79H154O17P2/c1-8-9-10-11-12-13-26-34-39-48-55-62-78(83)96-75(67-90-77(82)61-54-47-42-41-45-52-59-72(6)7)69-94-98(87,88)92-65-73(80)64-91-97(85,86)93-68-74(66-89-76(81)60-53-46-38-33-29-24-21-20-23-28-32-37-44-51-58-71(4)5)95-79(84)63-56-49-40-35-30-25-19-17-15-14-16-18-22-27-31-36-43-50-57-70(2)3/h70-75,80H,8-69H2,1-7H3,(H,85,86)(H,87,88)/t73-,74-,75-/m1/s1. The molecular weight excluding hydrogens is 1280 g/mol. The SMILES string of the molecule is CCCCCCCCCCCCCC(=O)O[C@H](COC(=O)CCCCCCCCC(C)C)COP(=O)(O)OC[C@H](O)COP(=O)(O)OC[C@@H](COC(=O)CCCCCCCCCCCCCCCCC(C)C)OC(=O)CCCCCCCCCCCCCCCCCCCCC(C)C. The molecule has 0 fully saturated rings. The van der Waals surface area contributed by atoms with E-state index in [1.54, 1.807) is 0 Å². The first-order valence-corrected chi connectivity index (χ1v) is 43.8. The van der Waals surface area contributed by atoms with Crippen LogP contribution < -0.4 is 0 Å². The highest BCUT2D eigenvalue weighted by Crippen LogP contribution is 2.45. The quantitative estimate of drug-likeness (QED) is 0.0222. The lowest BCUT2D eigenvalue weighted by Crippen LogP contribution is -2.30. The monoisotopic (exact) mass is 1440 g/mol. The van der Waals surface area contributed by atoms with Crippen molar-refractivity contribution in [3.63, 3.8) is 0 Å². The Morgan fingerprint density at radius 1 is 0.276 bits per heavy atom. The van der Waals surface area contributed by atoms with Crippen LogP contribution >= 0.6 is 15.6 Å². The molecule has 0 amide bonds. The molecule has 582 valence electrons. The van der Waals surface area contributed by atoms with Gasteiger partial charge in [-0.1, -0.05) is 357 Å². The number of aliphatic hydroxyl groups is 1. The van der Waals surface area contributed by atoms with Crippen molar-refractivity contribution < 1.29 is 80.2 Å². The maximum Gasteiger partial charge on any atom is 0.472 e. The van der Waals surface area contributed by atoms with Crippen LogP contribution in [0.3, 0.4) is 0 Å². The minimum atomic E-state index is -4.96. The largest absolute Gasteiger partial charge is 0.472 e.